The number of nitro groups is 1. The van der Waals surface area contributed by atoms with Gasteiger partial charge in [-0.25, -0.2) is 0 Å². The summed E-state index contributed by atoms with van der Waals surface area (Å²) in [6.45, 7) is 3.31. The molecule has 0 saturated carbocycles. The van der Waals surface area contributed by atoms with Gasteiger partial charge in [0.15, 0.2) is 0 Å². The molecule has 0 aliphatic rings. The van der Waals surface area contributed by atoms with Gasteiger partial charge in [0.1, 0.15) is 6.54 Å². The molecule has 1 N–H and O–H groups in total. The molecule has 20 heavy (non-hydrogen) atoms. The molecule has 0 fully saturated rings. The van der Waals surface area contributed by atoms with Crippen molar-refractivity contribution in [2.24, 2.45) is 0 Å². The van der Waals surface area contributed by atoms with Crippen LogP contribution in [0.1, 0.15) is 11.4 Å². The van der Waals surface area contributed by atoms with Gasteiger partial charge in [0.2, 0.25) is 11.7 Å². The third-order valence-electron chi connectivity index (χ3n) is 2.72. The second-order valence-corrected chi connectivity index (χ2v) is 4.24. The molecule has 0 spiro atoms. The number of nitrogens with zero attached hydrogens (tertiary/aromatic N) is 4. The summed E-state index contributed by atoms with van der Waals surface area (Å²) in [6.07, 6.45) is 0. The van der Waals surface area contributed by atoms with Crippen LogP contribution in [0.5, 0.6) is 0 Å². The quantitative estimate of drug-likeness (QED) is 0.671. The minimum Gasteiger partial charge on any atom is -0.390 e. The number of benzene rings is 1. The van der Waals surface area contributed by atoms with Gasteiger partial charge < -0.3 is 15.4 Å². The highest BCUT2D eigenvalue weighted by molar-refractivity contribution is 5.91. The standard InChI is InChI=1S/C12H13N5O3/c1-8-5-3-4-6-10(8)14-11(18)7-16-9(2)13-12(15-16)17(19)20/h3-6H,7H2,1-2H3,(H,14,18). The van der Waals surface area contributed by atoms with Crippen molar-refractivity contribution in [1.29, 1.82) is 0 Å². The maximum atomic E-state index is 11.9. The molecular weight excluding hydrogens is 262 g/mol. The van der Waals surface area contributed by atoms with E-state index in [2.05, 4.69) is 15.4 Å². The highest BCUT2D eigenvalue weighted by Gasteiger charge is 2.20. The smallest absolute Gasteiger partial charge is 0.390 e. The fraction of sp³-hybridized carbons (Fsp3) is 0.250. The van der Waals surface area contributed by atoms with Crippen LogP contribution in [0.25, 0.3) is 0 Å². The molecule has 0 unspecified atom stereocenters. The summed E-state index contributed by atoms with van der Waals surface area (Å²) >= 11 is 0. The average molecular weight is 275 g/mol. The van der Waals surface area contributed by atoms with Gasteiger partial charge in [-0.1, -0.05) is 18.2 Å². The maximum Gasteiger partial charge on any atom is 0.491 e. The van der Waals surface area contributed by atoms with Gasteiger partial charge in [-0.2, -0.15) is 4.68 Å². The molecule has 8 heteroatoms. The molecule has 8 nitrogen and oxygen atoms in total. The number of carbonyl (C=O) groups is 1. The van der Waals surface area contributed by atoms with Crippen LogP contribution >= 0.6 is 0 Å². The van der Waals surface area contributed by atoms with E-state index in [9.17, 15) is 14.9 Å². The Hall–Kier alpha value is -2.77. The SMILES string of the molecule is Cc1ccccc1NC(=O)Cn1nc([N+](=O)[O-])nc1C. The van der Waals surface area contributed by atoms with Gasteiger partial charge in [-0.05, 0) is 28.5 Å². The van der Waals surface area contributed by atoms with E-state index < -0.39 is 10.9 Å². The van der Waals surface area contributed by atoms with Gasteiger partial charge in [-0.15, -0.1) is 0 Å². The topological polar surface area (TPSA) is 103 Å². The van der Waals surface area contributed by atoms with Crippen molar-refractivity contribution >= 4 is 17.5 Å². The van der Waals surface area contributed by atoms with Crippen molar-refractivity contribution in [3.8, 4) is 0 Å². The summed E-state index contributed by atoms with van der Waals surface area (Å²) < 4.78 is 1.20. The van der Waals surface area contributed by atoms with Gasteiger partial charge in [-0.3, -0.25) is 4.79 Å². The number of aromatic nitrogens is 3. The van der Waals surface area contributed by atoms with Crippen LogP contribution in [0.15, 0.2) is 24.3 Å². The largest absolute Gasteiger partial charge is 0.491 e. The van der Waals surface area contributed by atoms with Crippen LogP contribution in [-0.2, 0) is 11.3 Å². The van der Waals surface area contributed by atoms with Crippen molar-refractivity contribution in [3.05, 3.63) is 45.8 Å². The second-order valence-electron chi connectivity index (χ2n) is 4.24. The molecule has 0 aliphatic heterocycles. The first-order valence-corrected chi connectivity index (χ1v) is 5.88. The first-order chi connectivity index (χ1) is 9.47. The second kappa shape index (κ2) is 5.47. The molecular formula is C12H13N5O3. The van der Waals surface area contributed by atoms with Crippen LogP contribution in [-0.4, -0.2) is 25.6 Å². The van der Waals surface area contributed by atoms with Gasteiger partial charge >= 0.3 is 5.95 Å². The summed E-state index contributed by atoms with van der Waals surface area (Å²) in [5, 5.41) is 16.9. The summed E-state index contributed by atoms with van der Waals surface area (Å²) in [6, 6.07) is 7.34. The molecule has 0 atom stereocenters. The lowest BCUT2D eigenvalue weighted by molar-refractivity contribution is -0.394. The molecule has 1 aromatic heterocycles. The lowest BCUT2D eigenvalue weighted by Crippen LogP contribution is -2.20. The number of carbonyl (C=O) groups excluding carboxylic acids is 1. The molecule has 0 saturated heterocycles. The Kier molecular flexibility index (Phi) is 3.74. The van der Waals surface area contributed by atoms with E-state index >= 15 is 0 Å². The van der Waals surface area contributed by atoms with E-state index in [0.29, 0.717) is 11.5 Å². The van der Waals surface area contributed by atoms with Crippen LogP contribution in [0.2, 0.25) is 0 Å². The minimum atomic E-state index is -0.692. The zero-order chi connectivity index (χ0) is 14.7. The fourth-order valence-electron chi connectivity index (χ4n) is 1.67. The first kappa shape index (κ1) is 13.7. The summed E-state index contributed by atoms with van der Waals surface area (Å²) in [7, 11) is 0. The lowest BCUT2D eigenvalue weighted by atomic mass is 10.2. The van der Waals surface area contributed by atoms with E-state index in [1.54, 1.807) is 13.0 Å². The van der Waals surface area contributed by atoms with E-state index in [1.165, 1.54) is 4.68 Å². The minimum absolute atomic E-state index is 0.124. The summed E-state index contributed by atoms with van der Waals surface area (Å²) in [5.74, 6) is -0.509. The van der Waals surface area contributed by atoms with Crippen molar-refractivity contribution in [3.63, 3.8) is 0 Å². The van der Waals surface area contributed by atoms with Gasteiger partial charge in [0.05, 0.1) is 0 Å². The molecule has 1 amide bonds. The number of hydrogen-bond donors (Lipinski definition) is 1. The lowest BCUT2D eigenvalue weighted by Gasteiger charge is -2.07. The number of nitrogens with one attached hydrogen (secondary N) is 1. The third kappa shape index (κ3) is 2.97. The fourth-order valence-corrected chi connectivity index (χ4v) is 1.67. The highest BCUT2D eigenvalue weighted by atomic mass is 16.6. The molecule has 0 bridgehead atoms. The number of amides is 1. The zero-order valence-electron chi connectivity index (χ0n) is 11.0. The number of aryl methyl sites for hydroxylation is 2. The Balaban J connectivity index is 2.09. The first-order valence-electron chi connectivity index (χ1n) is 5.88. The van der Waals surface area contributed by atoms with E-state index in [0.717, 1.165) is 5.56 Å². The number of hydrogen-bond acceptors (Lipinski definition) is 5. The van der Waals surface area contributed by atoms with Crippen LogP contribution in [0, 0.1) is 24.0 Å². The van der Waals surface area contributed by atoms with E-state index in [-0.39, 0.29) is 12.5 Å². The maximum absolute atomic E-state index is 11.9. The third-order valence-corrected chi connectivity index (χ3v) is 2.72. The predicted molar refractivity (Wildman–Crippen MR) is 71.2 cm³/mol. The Morgan fingerprint density at radius 2 is 2.10 bits per heavy atom. The normalized spacial score (nSPS) is 10.3. The van der Waals surface area contributed by atoms with E-state index in [4.69, 9.17) is 0 Å². The average Bonchev–Trinajstić information content (AvgIpc) is 2.74. The molecule has 0 aliphatic carbocycles. The Labute approximate surface area is 114 Å². The summed E-state index contributed by atoms with van der Waals surface area (Å²) in [4.78, 5) is 25.4. The summed E-state index contributed by atoms with van der Waals surface area (Å²) in [5.41, 5.74) is 1.63. The van der Waals surface area contributed by atoms with Gasteiger partial charge in [0, 0.05) is 17.7 Å². The van der Waals surface area contributed by atoms with E-state index in [1.807, 2.05) is 25.1 Å². The highest BCUT2D eigenvalue weighted by Crippen LogP contribution is 2.13. The Morgan fingerprint density at radius 3 is 2.70 bits per heavy atom. The van der Waals surface area contributed by atoms with Crippen molar-refractivity contribution in [1.82, 2.24) is 14.8 Å². The molecule has 1 heterocycles. The van der Waals surface area contributed by atoms with Crippen LogP contribution in [0.4, 0.5) is 11.6 Å². The number of anilines is 1. The zero-order valence-corrected chi connectivity index (χ0v) is 11.0. The van der Waals surface area contributed by atoms with Crippen LogP contribution in [0.3, 0.4) is 0 Å². The molecule has 2 aromatic rings. The molecule has 104 valence electrons. The Morgan fingerprint density at radius 1 is 1.40 bits per heavy atom. The molecule has 0 radical (unpaired) electrons. The van der Waals surface area contributed by atoms with Crippen molar-refractivity contribution in [2.75, 3.05) is 5.32 Å². The Bertz CT molecular complexity index is 665. The predicted octanol–water partition coefficient (Wildman–Crippen LogP) is 1.44. The van der Waals surface area contributed by atoms with Gasteiger partial charge in [0.25, 0.3) is 0 Å². The molecule has 1 aromatic carbocycles. The number of rotatable bonds is 4. The van der Waals surface area contributed by atoms with Crippen LogP contribution < -0.4 is 5.32 Å². The monoisotopic (exact) mass is 275 g/mol. The molecule has 2 rings (SSSR count). The number of para-hydroxylation sites is 1. The van der Waals surface area contributed by atoms with Crippen molar-refractivity contribution in [2.45, 2.75) is 20.4 Å². The van der Waals surface area contributed by atoms with Crippen molar-refractivity contribution < 1.29 is 9.72 Å².